The normalized spacial score (nSPS) is 23.8. The van der Waals surface area contributed by atoms with Crippen LogP contribution >= 0.6 is 12.2 Å². The highest BCUT2D eigenvalue weighted by molar-refractivity contribution is 7.80. The molecule has 3 N–H and O–H groups in total. The number of nitrogens with one attached hydrogen (secondary N) is 3. The molecule has 1 amide bonds. The number of aryl methyl sites for hydroxylation is 1. The van der Waals surface area contributed by atoms with Crippen LogP contribution in [0, 0.1) is 18.8 Å². The second kappa shape index (κ2) is 7.96. The molecule has 1 aliphatic rings. The van der Waals surface area contributed by atoms with Crippen LogP contribution in [0.1, 0.15) is 74.7 Å². The Hall–Kier alpha value is -1.63. The van der Waals surface area contributed by atoms with Crippen molar-refractivity contribution >= 4 is 23.2 Å². The van der Waals surface area contributed by atoms with Gasteiger partial charge in [-0.15, -0.1) is 0 Å². The number of hydrogen-bond donors (Lipinski definition) is 3. The quantitative estimate of drug-likeness (QED) is 0.573. The molecular formula is C17H28N4O2S. The molecule has 0 saturated heterocycles. The van der Waals surface area contributed by atoms with E-state index in [1.807, 2.05) is 13.8 Å². The van der Waals surface area contributed by atoms with Crippen LogP contribution in [0.15, 0.2) is 4.52 Å². The molecule has 0 radical (unpaired) electrons. The zero-order valence-corrected chi connectivity index (χ0v) is 15.9. The lowest BCUT2D eigenvalue weighted by molar-refractivity contribution is 0.0940. The minimum atomic E-state index is -0.285. The second-order valence-electron chi connectivity index (χ2n) is 7.09. The molecule has 1 aliphatic carbocycles. The van der Waals surface area contributed by atoms with Gasteiger partial charge in [-0.2, -0.15) is 0 Å². The average molecular weight is 353 g/mol. The van der Waals surface area contributed by atoms with Crippen molar-refractivity contribution in [3.05, 3.63) is 17.0 Å². The van der Waals surface area contributed by atoms with Gasteiger partial charge >= 0.3 is 0 Å². The van der Waals surface area contributed by atoms with Crippen LogP contribution in [0.3, 0.4) is 0 Å². The Morgan fingerprint density at radius 2 is 2.00 bits per heavy atom. The van der Waals surface area contributed by atoms with E-state index in [-0.39, 0.29) is 11.8 Å². The number of hydrazine groups is 1. The van der Waals surface area contributed by atoms with E-state index in [2.05, 4.69) is 35.2 Å². The maximum absolute atomic E-state index is 12.4. The zero-order chi connectivity index (χ0) is 17.9. The predicted octanol–water partition coefficient (Wildman–Crippen LogP) is 3.04. The minimum absolute atomic E-state index is 0.0848. The van der Waals surface area contributed by atoms with Crippen molar-refractivity contribution in [2.24, 2.45) is 11.8 Å². The molecule has 0 aromatic carbocycles. The van der Waals surface area contributed by atoms with Gasteiger partial charge in [0, 0.05) is 12.0 Å². The number of carbonyl (C=O) groups excluding carboxylic acids is 1. The number of rotatable bonds is 3. The molecule has 0 aliphatic heterocycles. The van der Waals surface area contributed by atoms with Crippen LogP contribution in [-0.4, -0.2) is 22.2 Å². The molecule has 24 heavy (non-hydrogen) atoms. The van der Waals surface area contributed by atoms with Crippen molar-refractivity contribution in [1.82, 2.24) is 21.3 Å². The summed E-state index contributed by atoms with van der Waals surface area (Å²) in [7, 11) is 0. The molecular weight excluding hydrogens is 324 g/mol. The fraction of sp³-hybridized carbons (Fsp3) is 0.706. The van der Waals surface area contributed by atoms with Crippen LogP contribution in [0.25, 0.3) is 0 Å². The van der Waals surface area contributed by atoms with E-state index in [4.69, 9.17) is 16.7 Å². The summed E-state index contributed by atoms with van der Waals surface area (Å²) < 4.78 is 5.25. The van der Waals surface area contributed by atoms with E-state index in [0.29, 0.717) is 40.0 Å². The van der Waals surface area contributed by atoms with Gasteiger partial charge < -0.3 is 9.84 Å². The van der Waals surface area contributed by atoms with Gasteiger partial charge in [-0.3, -0.25) is 15.6 Å². The molecule has 1 saturated carbocycles. The maximum Gasteiger partial charge on any atom is 0.275 e. The zero-order valence-electron chi connectivity index (χ0n) is 15.1. The lowest BCUT2D eigenvalue weighted by Gasteiger charge is -2.35. The Balaban J connectivity index is 1.90. The third kappa shape index (κ3) is 4.26. The van der Waals surface area contributed by atoms with Gasteiger partial charge in [-0.05, 0) is 37.4 Å². The molecule has 1 fully saturated rings. The molecule has 6 nitrogen and oxygen atoms in total. The lowest BCUT2D eigenvalue weighted by atomic mass is 9.78. The summed E-state index contributed by atoms with van der Waals surface area (Å²) in [6.07, 6.45) is 3.57. The average Bonchev–Trinajstić information content (AvgIpc) is 2.91. The van der Waals surface area contributed by atoms with E-state index in [0.717, 1.165) is 6.42 Å². The number of aromatic nitrogens is 1. The van der Waals surface area contributed by atoms with Crippen molar-refractivity contribution < 1.29 is 9.32 Å². The Kier molecular flexibility index (Phi) is 6.21. The topological polar surface area (TPSA) is 79.2 Å². The third-order valence-corrected chi connectivity index (χ3v) is 5.17. The van der Waals surface area contributed by atoms with E-state index >= 15 is 0 Å². The summed E-state index contributed by atoms with van der Waals surface area (Å²) in [5.41, 5.74) is 6.49. The molecule has 0 unspecified atom stereocenters. The van der Waals surface area contributed by atoms with Crippen LogP contribution in [0.5, 0.6) is 0 Å². The Labute approximate surface area is 149 Å². The van der Waals surface area contributed by atoms with Crippen molar-refractivity contribution in [3.63, 3.8) is 0 Å². The summed E-state index contributed by atoms with van der Waals surface area (Å²) >= 11 is 5.32. The minimum Gasteiger partial charge on any atom is -0.360 e. The molecule has 1 aromatic rings. The van der Waals surface area contributed by atoms with Crippen LogP contribution in [0.2, 0.25) is 0 Å². The van der Waals surface area contributed by atoms with Gasteiger partial charge in [-0.25, -0.2) is 0 Å². The molecule has 0 bridgehead atoms. The highest BCUT2D eigenvalue weighted by Gasteiger charge is 2.27. The van der Waals surface area contributed by atoms with E-state index in [9.17, 15) is 4.79 Å². The number of nitrogens with zero attached hydrogens (tertiary/aromatic N) is 1. The lowest BCUT2D eigenvalue weighted by Crippen LogP contribution is -2.52. The first-order chi connectivity index (χ1) is 11.3. The summed E-state index contributed by atoms with van der Waals surface area (Å²) in [4.78, 5) is 12.4. The number of thiocarbonyl (C=S) groups is 1. The van der Waals surface area contributed by atoms with Gasteiger partial charge in [0.05, 0.1) is 5.69 Å². The fourth-order valence-electron chi connectivity index (χ4n) is 3.22. The Bertz CT molecular complexity index is 599. The summed E-state index contributed by atoms with van der Waals surface area (Å²) in [5.74, 6) is 1.62. The monoisotopic (exact) mass is 352 g/mol. The first-order valence-electron chi connectivity index (χ1n) is 8.64. The molecule has 1 aromatic heterocycles. The Morgan fingerprint density at radius 1 is 1.29 bits per heavy atom. The summed E-state index contributed by atoms with van der Waals surface area (Å²) in [5, 5.41) is 7.64. The highest BCUT2D eigenvalue weighted by atomic mass is 32.1. The molecule has 0 spiro atoms. The standard InChI is InChI=1S/C17H28N4O2S/c1-9(2)15-14(12(5)21-23-15)16(22)19-20-17(24)18-13-8-6-7-10(3)11(13)4/h9-11,13H,6-8H2,1-5H3,(H,19,22)(H2,18,20,24)/t10-,11+,13-/m1/s1. The van der Waals surface area contributed by atoms with Gasteiger partial charge in [0.15, 0.2) is 10.9 Å². The van der Waals surface area contributed by atoms with Crippen molar-refractivity contribution in [1.29, 1.82) is 0 Å². The first-order valence-corrected chi connectivity index (χ1v) is 9.05. The van der Waals surface area contributed by atoms with Crippen LogP contribution in [0.4, 0.5) is 0 Å². The van der Waals surface area contributed by atoms with Crippen LogP contribution in [-0.2, 0) is 0 Å². The third-order valence-electron chi connectivity index (χ3n) is 4.95. The summed E-state index contributed by atoms with van der Waals surface area (Å²) in [6, 6.07) is 0.342. The van der Waals surface area contributed by atoms with Gasteiger partial charge in [0.1, 0.15) is 5.56 Å². The Morgan fingerprint density at radius 3 is 2.67 bits per heavy atom. The molecule has 2 rings (SSSR count). The predicted molar refractivity (Wildman–Crippen MR) is 97.6 cm³/mol. The molecule has 3 atom stereocenters. The van der Waals surface area contributed by atoms with Crippen LogP contribution < -0.4 is 16.2 Å². The number of carbonyl (C=O) groups is 1. The molecule has 1 heterocycles. The van der Waals surface area contributed by atoms with Gasteiger partial charge in [-0.1, -0.05) is 45.7 Å². The second-order valence-corrected chi connectivity index (χ2v) is 7.50. The SMILES string of the molecule is Cc1noc(C(C)C)c1C(=O)NNC(=S)N[C@@H]1CCC[C@@H](C)[C@@H]1C. The fourth-order valence-corrected chi connectivity index (χ4v) is 3.43. The van der Waals surface area contributed by atoms with E-state index in [1.165, 1.54) is 12.8 Å². The van der Waals surface area contributed by atoms with E-state index < -0.39 is 0 Å². The highest BCUT2D eigenvalue weighted by Crippen LogP contribution is 2.29. The van der Waals surface area contributed by atoms with Crippen molar-refractivity contribution in [2.45, 2.75) is 65.8 Å². The van der Waals surface area contributed by atoms with E-state index in [1.54, 1.807) is 6.92 Å². The van der Waals surface area contributed by atoms with Gasteiger partial charge in [0.25, 0.3) is 5.91 Å². The number of hydrogen-bond acceptors (Lipinski definition) is 4. The number of amides is 1. The molecule has 7 heteroatoms. The molecule has 134 valence electrons. The maximum atomic E-state index is 12.4. The van der Waals surface area contributed by atoms with Crippen molar-refractivity contribution in [3.8, 4) is 0 Å². The van der Waals surface area contributed by atoms with Gasteiger partial charge in [0.2, 0.25) is 0 Å². The summed E-state index contributed by atoms with van der Waals surface area (Å²) in [6.45, 7) is 10.2. The van der Waals surface area contributed by atoms with Crippen molar-refractivity contribution in [2.75, 3.05) is 0 Å². The largest absolute Gasteiger partial charge is 0.360 e. The first kappa shape index (κ1) is 18.7. The smallest absolute Gasteiger partial charge is 0.275 e.